The number of benzene rings is 1. The van der Waals surface area contributed by atoms with E-state index in [-0.39, 0.29) is 11.9 Å². The summed E-state index contributed by atoms with van der Waals surface area (Å²) in [6.45, 7) is 2.87. The highest BCUT2D eigenvalue weighted by Gasteiger charge is 2.32. The van der Waals surface area contributed by atoms with E-state index in [0.29, 0.717) is 5.92 Å². The van der Waals surface area contributed by atoms with Gasteiger partial charge < -0.3 is 5.32 Å². The number of piperidine rings is 1. The summed E-state index contributed by atoms with van der Waals surface area (Å²) in [5.74, 6) is 0.822. The molecule has 2 fully saturated rings. The molecule has 0 aromatic heterocycles. The second-order valence-electron chi connectivity index (χ2n) is 5.46. The van der Waals surface area contributed by atoms with Crippen molar-refractivity contribution in [2.75, 3.05) is 19.6 Å². The molecule has 1 atom stereocenters. The fourth-order valence-corrected chi connectivity index (χ4v) is 3.33. The van der Waals surface area contributed by atoms with Gasteiger partial charge >= 0.3 is 0 Å². The summed E-state index contributed by atoms with van der Waals surface area (Å²) in [5, 5.41) is 3.72. The van der Waals surface area contributed by atoms with Gasteiger partial charge in [0.2, 0.25) is 5.91 Å². The van der Waals surface area contributed by atoms with E-state index in [0.717, 1.165) is 43.9 Å². The lowest BCUT2D eigenvalue weighted by Gasteiger charge is -2.34. The third kappa shape index (κ3) is 2.77. The Hall–Kier alpha value is -1.06. The van der Waals surface area contributed by atoms with Crippen molar-refractivity contribution in [2.45, 2.75) is 31.2 Å². The fourth-order valence-electron chi connectivity index (χ4n) is 3.21. The van der Waals surface area contributed by atoms with Gasteiger partial charge in [-0.15, -0.1) is 0 Å². The molecule has 0 saturated carbocycles. The first-order chi connectivity index (χ1) is 9.24. The highest BCUT2D eigenvalue weighted by Crippen LogP contribution is 2.30. The number of hydrogen-bond donors (Lipinski definition) is 1. The minimum Gasteiger partial charge on any atom is -0.355 e. The molecule has 1 aromatic carbocycles. The summed E-state index contributed by atoms with van der Waals surface area (Å²) < 4.78 is 0. The van der Waals surface area contributed by atoms with Crippen LogP contribution in [0.3, 0.4) is 0 Å². The number of carbonyl (C=O) groups excluding carboxylic acids is 1. The smallest absolute Gasteiger partial charge is 0.237 e. The maximum absolute atomic E-state index is 11.7. The van der Waals surface area contributed by atoms with Crippen LogP contribution in [0.5, 0.6) is 0 Å². The van der Waals surface area contributed by atoms with Crippen LogP contribution in [-0.2, 0) is 4.79 Å². The average molecular weight is 279 g/mol. The molecule has 2 aliphatic heterocycles. The summed E-state index contributed by atoms with van der Waals surface area (Å²) in [4.78, 5) is 14.0. The summed E-state index contributed by atoms with van der Waals surface area (Å²) in [6.07, 6.45) is 3.22. The molecule has 0 bridgehead atoms. The maximum atomic E-state index is 11.7. The Kier molecular flexibility index (Phi) is 3.76. The molecule has 3 nitrogen and oxygen atoms in total. The predicted molar refractivity (Wildman–Crippen MR) is 76.4 cm³/mol. The Morgan fingerprint density at radius 1 is 1.11 bits per heavy atom. The van der Waals surface area contributed by atoms with Gasteiger partial charge in [-0.2, -0.15) is 0 Å². The zero-order valence-corrected chi connectivity index (χ0v) is 11.7. The normalized spacial score (nSPS) is 25.5. The highest BCUT2D eigenvalue weighted by atomic mass is 35.5. The largest absolute Gasteiger partial charge is 0.355 e. The number of amides is 1. The minimum atomic E-state index is 0.117. The number of rotatable bonds is 2. The molecule has 0 spiro atoms. The van der Waals surface area contributed by atoms with Gasteiger partial charge in [0.1, 0.15) is 0 Å². The summed E-state index contributed by atoms with van der Waals surface area (Å²) in [6, 6.07) is 8.31. The highest BCUT2D eigenvalue weighted by molar-refractivity contribution is 6.30. The fraction of sp³-hybridized carbons (Fsp3) is 0.533. The third-order valence-electron chi connectivity index (χ3n) is 4.33. The monoisotopic (exact) mass is 278 g/mol. The van der Waals surface area contributed by atoms with Crippen LogP contribution in [0.1, 0.15) is 30.7 Å². The third-order valence-corrected chi connectivity index (χ3v) is 4.58. The summed E-state index contributed by atoms with van der Waals surface area (Å²) in [7, 11) is 0. The van der Waals surface area contributed by atoms with Crippen molar-refractivity contribution in [3.63, 3.8) is 0 Å². The zero-order valence-electron chi connectivity index (χ0n) is 10.9. The van der Waals surface area contributed by atoms with Crippen molar-refractivity contribution < 1.29 is 4.79 Å². The van der Waals surface area contributed by atoms with Crippen LogP contribution in [0.2, 0.25) is 5.02 Å². The molecule has 19 heavy (non-hydrogen) atoms. The number of carbonyl (C=O) groups is 1. The molecule has 0 unspecified atom stereocenters. The lowest BCUT2D eigenvalue weighted by atomic mass is 9.89. The molecule has 3 rings (SSSR count). The van der Waals surface area contributed by atoms with E-state index in [1.54, 1.807) is 0 Å². The van der Waals surface area contributed by atoms with Crippen LogP contribution >= 0.6 is 11.6 Å². The molecule has 102 valence electrons. The van der Waals surface area contributed by atoms with E-state index >= 15 is 0 Å². The molecule has 1 N–H and O–H groups in total. The van der Waals surface area contributed by atoms with Crippen LogP contribution in [0, 0.1) is 0 Å². The first-order valence-electron chi connectivity index (χ1n) is 7.01. The minimum absolute atomic E-state index is 0.117. The van der Waals surface area contributed by atoms with Crippen molar-refractivity contribution in [2.24, 2.45) is 0 Å². The van der Waals surface area contributed by atoms with E-state index < -0.39 is 0 Å². The summed E-state index contributed by atoms with van der Waals surface area (Å²) >= 11 is 5.92. The number of halogens is 1. The van der Waals surface area contributed by atoms with Gasteiger partial charge in [0.25, 0.3) is 0 Å². The van der Waals surface area contributed by atoms with Crippen LogP contribution in [0.15, 0.2) is 24.3 Å². The average Bonchev–Trinajstić information content (AvgIpc) is 2.86. The van der Waals surface area contributed by atoms with E-state index in [1.165, 1.54) is 5.56 Å². The van der Waals surface area contributed by atoms with Crippen molar-refractivity contribution >= 4 is 17.5 Å². The first kappa shape index (κ1) is 12.9. The predicted octanol–water partition coefficient (Wildman–Crippen LogP) is 2.41. The van der Waals surface area contributed by atoms with Gasteiger partial charge in [-0.1, -0.05) is 23.7 Å². The maximum Gasteiger partial charge on any atom is 0.237 e. The van der Waals surface area contributed by atoms with Gasteiger partial charge in [-0.05, 0) is 56.0 Å². The molecule has 1 aromatic rings. The SMILES string of the molecule is O=C1NCC[C@H]1N1CCC(c2ccc(Cl)cc2)CC1. The van der Waals surface area contributed by atoms with Crippen molar-refractivity contribution in [3.05, 3.63) is 34.9 Å². The van der Waals surface area contributed by atoms with Crippen LogP contribution in [-0.4, -0.2) is 36.5 Å². The quantitative estimate of drug-likeness (QED) is 0.901. The zero-order chi connectivity index (χ0) is 13.2. The Balaban J connectivity index is 1.60. The van der Waals surface area contributed by atoms with Gasteiger partial charge in [0.15, 0.2) is 0 Å². The molecule has 0 aliphatic carbocycles. The van der Waals surface area contributed by atoms with Gasteiger partial charge in [-0.25, -0.2) is 0 Å². The Labute approximate surface area is 118 Å². The van der Waals surface area contributed by atoms with E-state index in [4.69, 9.17) is 11.6 Å². The van der Waals surface area contributed by atoms with Crippen molar-refractivity contribution in [1.82, 2.24) is 10.2 Å². The standard InChI is InChI=1S/C15H19ClN2O/c16-13-3-1-11(2-4-13)12-6-9-18(10-7-12)14-5-8-17-15(14)19/h1-4,12,14H,5-10H2,(H,17,19)/t14-/m1/s1. The molecule has 2 heterocycles. The first-order valence-corrected chi connectivity index (χ1v) is 7.39. The molecule has 1 amide bonds. The van der Waals surface area contributed by atoms with E-state index in [9.17, 15) is 4.79 Å². The van der Waals surface area contributed by atoms with Gasteiger partial charge in [-0.3, -0.25) is 9.69 Å². The molecule has 0 radical (unpaired) electrons. The number of hydrogen-bond acceptors (Lipinski definition) is 2. The van der Waals surface area contributed by atoms with Crippen LogP contribution < -0.4 is 5.32 Å². The van der Waals surface area contributed by atoms with Crippen molar-refractivity contribution in [3.8, 4) is 0 Å². The molecular weight excluding hydrogens is 260 g/mol. The lowest BCUT2D eigenvalue weighted by molar-refractivity contribution is -0.124. The van der Waals surface area contributed by atoms with Gasteiger partial charge in [0, 0.05) is 11.6 Å². The lowest BCUT2D eigenvalue weighted by Crippen LogP contribution is -2.44. The number of nitrogens with zero attached hydrogens (tertiary/aromatic N) is 1. The second kappa shape index (κ2) is 5.51. The van der Waals surface area contributed by atoms with Crippen LogP contribution in [0.4, 0.5) is 0 Å². The molecule has 2 aliphatic rings. The number of likely N-dealkylation sites (tertiary alicyclic amines) is 1. The molecule has 4 heteroatoms. The Morgan fingerprint density at radius 3 is 2.37 bits per heavy atom. The van der Waals surface area contributed by atoms with E-state index in [2.05, 4.69) is 22.3 Å². The van der Waals surface area contributed by atoms with Crippen LogP contribution in [0.25, 0.3) is 0 Å². The number of nitrogens with one attached hydrogen (secondary N) is 1. The topological polar surface area (TPSA) is 32.3 Å². The van der Waals surface area contributed by atoms with Crippen molar-refractivity contribution in [1.29, 1.82) is 0 Å². The Bertz CT molecular complexity index is 452. The molecule has 2 saturated heterocycles. The second-order valence-corrected chi connectivity index (χ2v) is 5.89. The van der Waals surface area contributed by atoms with E-state index in [1.807, 2.05) is 12.1 Å². The summed E-state index contributed by atoms with van der Waals surface area (Å²) in [5.41, 5.74) is 1.37. The van der Waals surface area contributed by atoms with Gasteiger partial charge in [0.05, 0.1) is 6.04 Å². The molecular formula is C15H19ClN2O. The Morgan fingerprint density at radius 2 is 1.79 bits per heavy atom.